The van der Waals surface area contributed by atoms with Crippen molar-refractivity contribution in [3.63, 3.8) is 0 Å². The van der Waals surface area contributed by atoms with Crippen molar-refractivity contribution in [2.24, 2.45) is 0 Å². The van der Waals surface area contributed by atoms with Crippen LogP contribution < -0.4 is 10.6 Å². The quantitative estimate of drug-likeness (QED) is 0.157. The number of rotatable bonds is 15. The number of allylic oxidation sites excluding steroid dienone is 2. The van der Waals surface area contributed by atoms with E-state index in [0.717, 1.165) is 62.1 Å². The van der Waals surface area contributed by atoms with E-state index in [9.17, 15) is 4.57 Å². The molecule has 1 aliphatic heterocycles. The monoisotopic (exact) mass is 468 g/mol. The molecule has 0 N–H and O–H groups in total. The molecule has 33 heavy (non-hydrogen) atoms. The van der Waals surface area contributed by atoms with Gasteiger partial charge in [0.25, 0.3) is 0 Å². The summed E-state index contributed by atoms with van der Waals surface area (Å²) in [6, 6.07) is 20.0. The van der Waals surface area contributed by atoms with E-state index in [2.05, 4.69) is 12.2 Å². The molecule has 1 heterocycles. The first-order valence-corrected chi connectivity index (χ1v) is 14.8. The highest BCUT2D eigenvalue weighted by molar-refractivity contribution is 7.78. The van der Waals surface area contributed by atoms with Gasteiger partial charge in [0.2, 0.25) is 0 Å². The van der Waals surface area contributed by atoms with Gasteiger partial charge in [-0.1, -0.05) is 92.1 Å². The molecule has 1 unspecified atom stereocenters. The summed E-state index contributed by atoms with van der Waals surface area (Å²) in [5.74, 6) is 0. The average Bonchev–Trinajstić information content (AvgIpc) is 2.88. The molecule has 1 fully saturated rings. The molecule has 0 aromatic heterocycles. The molecule has 180 valence electrons. The van der Waals surface area contributed by atoms with Crippen molar-refractivity contribution in [3.8, 4) is 0 Å². The van der Waals surface area contributed by atoms with Crippen molar-refractivity contribution in [2.75, 3.05) is 19.4 Å². The summed E-state index contributed by atoms with van der Waals surface area (Å²) in [6.45, 7) is 1.69. The minimum absolute atomic E-state index is 0.0539. The standard InChI is InChI=1S/C29H41O3P/c30-33(27-19-11-9-12-20-27,28-21-13-10-14-22-28)26-18-8-6-4-2-1-3-5-7-16-24-31-29-23-15-17-25-32-29/h4,6,9-14,19-22,29H,1-3,5,7-8,15-18,23-26H2/b6-4-. The molecule has 0 radical (unpaired) electrons. The van der Waals surface area contributed by atoms with E-state index in [1.54, 1.807) is 0 Å². The summed E-state index contributed by atoms with van der Waals surface area (Å²) in [7, 11) is -2.57. The number of hydrogen-bond acceptors (Lipinski definition) is 3. The summed E-state index contributed by atoms with van der Waals surface area (Å²) in [6.07, 6.45) is 18.1. The molecule has 2 aromatic carbocycles. The lowest BCUT2D eigenvalue weighted by Gasteiger charge is -2.22. The van der Waals surface area contributed by atoms with Gasteiger partial charge in [-0.25, -0.2) is 0 Å². The van der Waals surface area contributed by atoms with Crippen LogP contribution in [0.3, 0.4) is 0 Å². The van der Waals surface area contributed by atoms with Gasteiger partial charge in [-0.3, -0.25) is 0 Å². The predicted octanol–water partition coefficient (Wildman–Crippen LogP) is 7.22. The highest BCUT2D eigenvalue weighted by Gasteiger charge is 2.26. The van der Waals surface area contributed by atoms with Gasteiger partial charge in [0.05, 0.1) is 0 Å². The van der Waals surface area contributed by atoms with Gasteiger partial charge in [0.15, 0.2) is 6.29 Å². The second-order valence-electron chi connectivity index (χ2n) is 8.97. The van der Waals surface area contributed by atoms with Gasteiger partial charge >= 0.3 is 0 Å². The fraction of sp³-hybridized carbons (Fsp3) is 0.517. The Hall–Kier alpha value is -1.67. The summed E-state index contributed by atoms with van der Waals surface area (Å²) >= 11 is 0. The molecule has 1 aliphatic rings. The van der Waals surface area contributed by atoms with Crippen LogP contribution in [-0.2, 0) is 14.0 Å². The zero-order valence-electron chi connectivity index (χ0n) is 20.1. The van der Waals surface area contributed by atoms with E-state index in [0.29, 0.717) is 0 Å². The van der Waals surface area contributed by atoms with E-state index >= 15 is 0 Å². The maximum Gasteiger partial charge on any atom is 0.157 e. The lowest BCUT2D eigenvalue weighted by molar-refractivity contribution is -0.162. The summed E-state index contributed by atoms with van der Waals surface area (Å²) in [4.78, 5) is 0. The number of hydrogen-bond donors (Lipinski definition) is 0. The lowest BCUT2D eigenvalue weighted by Crippen LogP contribution is -2.22. The van der Waals surface area contributed by atoms with Gasteiger partial charge in [0.1, 0.15) is 7.14 Å². The summed E-state index contributed by atoms with van der Waals surface area (Å²) in [5.41, 5.74) is 0. The van der Waals surface area contributed by atoms with Crippen molar-refractivity contribution in [2.45, 2.75) is 76.9 Å². The van der Waals surface area contributed by atoms with Crippen molar-refractivity contribution >= 4 is 17.8 Å². The van der Waals surface area contributed by atoms with Crippen LogP contribution in [0.25, 0.3) is 0 Å². The highest BCUT2D eigenvalue weighted by Crippen LogP contribution is 2.44. The van der Waals surface area contributed by atoms with Crippen LogP contribution in [0, 0.1) is 0 Å². The van der Waals surface area contributed by atoms with E-state index in [-0.39, 0.29) is 6.29 Å². The number of unbranched alkanes of at least 4 members (excludes halogenated alkanes) is 6. The molecule has 0 aliphatic carbocycles. The Morgan fingerprint density at radius 1 is 0.788 bits per heavy atom. The van der Waals surface area contributed by atoms with Crippen LogP contribution in [0.2, 0.25) is 0 Å². The zero-order chi connectivity index (χ0) is 23.0. The lowest BCUT2D eigenvalue weighted by atomic mass is 10.1. The molecule has 0 saturated carbocycles. The fourth-order valence-corrected chi connectivity index (χ4v) is 7.11. The highest BCUT2D eigenvalue weighted by atomic mass is 31.2. The van der Waals surface area contributed by atoms with Gasteiger partial charge < -0.3 is 14.0 Å². The van der Waals surface area contributed by atoms with Crippen LogP contribution in [0.15, 0.2) is 72.8 Å². The van der Waals surface area contributed by atoms with E-state index in [4.69, 9.17) is 9.47 Å². The molecule has 0 spiro atoms. The van der Waals surface area contributed by atoms with Gasteiger partial charge in [-0.05, 0) is 51.4 Å². The Balaban J connectivity index is 1.26. The average molecular weight is 469 g/mol. The normalized spacial score (nSPS) is 16.9. The molecule has 3 rings (SSSR count). The largest absolute Gasteiger partial charge is 0.353 e. The van der Waals surface area contributed by atoms with Crippen LogP contribution in [0.4, 0.5) is 0 Å². The number of benzene rings is 2. The second kappa shape index (κ2) is 15.3. The molecule has 1 saturated heterocycles. The molecule has 1 atom stereocenters. The Morgan fingerprint density at radius 2 is 1.39 bits per heavy atom. The van der Waals surface area contributed by atoms with Gasteiger partial charge in [0, 0.05) is 30.0 Å². The molecule has 2 aromatic rings. The first kappa shape index (κ1) is 25.9. The topological polar surface area (TPSA) is 35.5 Å². The van der Waals surface area contributed by atoms with Crippen LogP contribution in [0.1, 0.15) is 70.6 Å². The van der Waals surface area contributed by atoms with E-state index in [1.807, 2.05) is 60.7 Å². The molecule has 0 amide bonds. The molecule has 4 heteroatoms. The van der Waals surface area contributed by atoms with Crippen molar-refractivity contribution in [1.29, 1.82) is 0 Å². The third-order valence-electron chi connectivity index (χ3n) is 6.31. The first-order chi connectivity index (χ1) is 16.3. The first-order valence-electron chi connectivity index (χ1n) is 12.9. The Kier molecular flexibility index (Phi) is 12.0. The predicted molar refractivity (Wildman–Crippen MR) is 140 cm³/mol. The zero-order valence-corrected chi connectivity index (χ0v) is 21.0. The number of ether oxygens (including phenoxy) is 2. The second-order valence-corrected chi connectivity index (χ2v) is 11.9. The summed E-state index contributed by atoms with van der Waals surface area (Å²) in [5, 5.41) is 1.94. The molecule has 0 bridgehead atoms. The van der Waals surface area contributed by atoms with Crippen LogP contribution >= 0.6 is 7.14 Å². The summed E-state index contributed by atoms with van der Waals surface area (Å²) < 4.78 is 25.3. The molecular formula is C29H41O3P. The Morgan fingerprint density at radius 3 is 2.03 bits per heavy atom. The third-order valence-corrected chi connectivity index (χ3v) is 9.52. The molecule has 3 nitrogen and oxygen atoms in total. The smallest absolute Gasteiger partial charge is 0.157 e. The maximum atomic E-state index is 13.9. The maximum absolute atomic E-state index is 13.9. The Labute approximate surface area is 201 Å². The van der Waals surface area contributed by atoms with Crippen molar-refractivity contribution in [3.05, 3.63) is 72.8 Å². The van der Waals surface area contributed by atoms with Crippen LogP contribution in [-0.4, -0.2) is 25.7 Å². The van der Waals surface area contributed by atoms with Crippen molar-refractivity contribution < 1.29 is 14.0 Å². The minimum Gasteiger partial charge on any atom is -0.353 e. The van der Waals surface area contributed by atoms with Gasteiger partial charge in [-0.2, -0.15) is 0 Å². The van der Waals surface area contributed by atoms with E-state index < -0.39 is 7.14 Å². The van der Waals surface area contributed by atoms with Gasteiger partial charge in [-0.15, -0.1) is 0 Å². The van der Waals surface area contributed by atoms with Crippen molar-refractivity contribution in [1.82, 2.24) is 0 Å². The van der Waals surface area contributed by atoms with E-state index in [1.165, 1.54) is 38.5 Å². The SMILES string of the molecule is O=P(CCC/C=C\CCCCCCCOC1CCCCO1)(c1ccccc1)c1ccccc1. The minimum atomic E-state index is -2.57. The Bertz CT molecular complexity index is 785. The fourth-order valence-electron chi connectivity index (χ4n) is 4.36. The third kappa shape index (κ3) is 9.24. The molecular weight excluding hydrogens is 427 g/mol. The van der Waals surface area contributed by atoms with Crippen LogP contribution in [0.5, 0.6) is 0 Å².